The number of hydrogen-bond donors (Lipinski definition) is 1. The summed E-state index contributed by atoms with van der Waals surface area (Å²) in [5.74, 6) is 1.40. The number of benzene rings is 2. The van der Waals surface area contributed by atoms with E-state index in [9.17, 15) is 0 Å². The van der Waals surface area contributed by atoms with Crippen LogP contribution in [0.5, 0.6) is 11.5 Å². The molecule has 2 aromatic rings. The molecule has 2 aromatic carbocycles. The molecule has 108 valence electrons. The number of ether oxygens (including phenoxy) is 2. The standard InChI is InChI=1S/C17H18N2O2/c1-12-7-8-13(10-18)9-16(12)21-17(11-19)14-5-3-4-6-15(14)20-2/h3-9,17H,11,19H2,1-2H3. The topological polar surface area (TPSA) is 68.3 Å². The molecule has 2 rings (SSSR count). The second kappa shape index (κ2) is 6.78. The van der Waals surface area contributed by atoms with Crippen LogP contribution in [0.25, 0.3) is 0 Å². The fourth-order valence-corrected chi connectivity index (χ4v) is 2.12. The molecule has 0 saturated heterocycles. The van der Waals surface area contributed by atoms with Crippen LogP contribution in [0.4, 0.5) is 0 Å². The van der Waals surface area contributed by atoms with Crippen LogP contribution in [0.2, 0.25) is 0 Å². The van der Waals surface area contributed by atoms with Crippen LogP contribution in [0.15, 0.2) is 42.5 Å². The van der Waals surface area contributed by atoms with E-state index in [4.69, 9.17) is 20.5 Å². The highest BCUT2D eigenvalue weighted by Crippen LogP contribution is 2.30. The number of nitriles is 1. The average molecular weight is 282 g/mol. The fourth-order valence-electron chi connectivity index (χ4n) is 2.12. The van der Waals surface area contributed by atoms with Crippen molar-refractivity contribution in [3.05, 3.63) is 59.2 Å². The van der Waals surface area contributed by atoms with Crippen molar-refractivity contribution < 1.29 is 9.47 Å². The maximum Gasteiger partial charge on any atom is 0.139 e. The summed E-state index contributed by atoms with van der Waals surface area (Å²) in [7, 11) is 1.62. The van der Waals surface area contributed by atoms with Gasteiger partial charge in [0.25, 0.3) is 0 Å². The van der Waals surface area contributed by atoms with E-state index in [0.717, 1.165) is 16.9 Å². The molecule has 0 saturated carbocycles. The fraction of sp³-hybridized carbons (Fsp3) is 0.235. The van der Waals surface area contributed by atoms with Gasteiger partial charge in [0.1, 0.15) is 17.6 Å². The Kier molecular flexibility index (Phi) is 4.81. The normalized spacial score (nSPS) is 11.5. The van der Waals surface area contributed by atoms with E-state index in [1.54, 1.807) is 19.2 Å². The van der Waals surface area contributed by atoms with Gasteiger partial charge in [-0.1, -0.05) is 24.3 Å². The SMILES string of the molecule is COc1ccccc1C(CN)Oc1cc(C#N)ccc1C. The molecular formula is C17H18N2O2. The van der Waals surface area contributed by atoms with Gasteiger partial charge in [0.05, 0.1) is 18.7 Å². The summed E-state index contributed by atoms with van der Waals surface area (Å²) < 4.78 is 11.4. The highest BCUT2D eigenvalue weighted by Gasteiger charge is 2.17. The van der Waals surface area contributed by atoms with Gasteiger partial charge in [0, 0.05) is 12.1 Å². The van der Waals surface area contributed by atoms with Gasteiger partial charge in [-0.2, -0.15) is 5.26 Å². The predicted molar refractivity (Wildman–Crippen MR) is 81.3 cm³/mol. The molecule has 0 bridgehead atoms. The van der Waals surface area contributed by atoms with Crippen molar-refractivity contribution in [3.8, 4) is 17.6 Å². The predicted octanol–water partition coefficient (Wildman–Crippen LogP) is 2.95. The van der Waals surface area contributed by atoms with Crippen LogP contribution in [0.1, 0.15) is 22.8 Å². The summed E-state index contributed by atoms with van der Waals surface area (Å²) in [4.78, 5) is 0. The second-order valence-corrected chi connectivity index (χ2v) is 4.68. The lowest BCUT2D eigenvalue weighted by atomic mass is 10.1. The largest absolute Gasteiger partial charge is 0.496 e. The highest BCUT2D eigenvalue weighted by molar-refractivity contribution is 5.43. The van der Waals surface area contributed by atoms with Crippen LogP contribution in [-0.2, 0) is 0 Å². The van der Waals surface area contributed by atoms with Crippen molar-refractivity contribution in [1.82, 2.24) is 0 Å². The summed E-state index contributed by atoms with van der Waals surface area (Å²) >= 11 is 0. The zero-order valence-corrected chi connectivity index (χ0v) is 12.2. The number of methoxy groups -OCH3 is 1. The molecule has 0 amide bonds. The molecular weight excluding hydrogens is 264 g/mol. The van der Waals surface area contributed by atoms with E-state index in [2.05, 4.69) is 6.07 Å². The summed E-state index contributed by atoms with van der Waals surface area (Å²) in [5, 5.41) is 8.99. The maximum atomic E-state index is 8.99. The van der Waals surface area contributed by atoms with Crippen molar-refractivity contribution in [1.29, 1.82) is 5.26 Å². The Morgan fingerprint density at radius 2 is 1.95 bits per heavy atom. The van der Waals surface area contributed by atoms with Crippen molar-refractivity contribution >= 4 is 0 Å². The van der Waals surface area contributed by atoms with Crippen LogP contribution in [0, 0.1) is 18.3 Å². The van der Waals surface area contributed by atoms with Gasteiger partial charge in [-0.25, -0.2) is 0 Å². The number of aryl methyl sites for hydroxylation is 1. The van der Waals surface area contributed by atoms with E-state index in [1.165, 1.54) is 0 Å². The van der Waals surface area contributed by atoms with E-state index in [-0.39, 0.29) is 6.10 Å². The summed E-state index contributed by atoms with van der Waals surface area (Å²) in [6, 6.07) is 15.1. The molecule has 1 atom stereocenters. The van der Waals surface area contributed by atoms with Crippen LogP contribution in [0.3, 0.4) is 0 Å². The first-order valence-electron chi connectivity index (χ1n) is 6.70. The van der Waals surface area contributed by atoms with E-state index < -0.39 is 0 Å². The molecule has 4 heteroatoms. The molecule has 0 spiro atoms. The summed E-state index contributed by atoms with van der Waals surface area (Å²) in [6.45, 7) is 2.25. The number of hydrogen-bond acceptors (Lipinski definition) is 4. The van der Waals surface area contributed by atoms with Crippen LogP contribution >= 0.6 is 0 Å². The van der Waals surface area contributed by atoms with Gasteiger partial charge >= 0.3 is 0 Å². The molecule has 1 unspecified atom stereocenters. The van der Waals surface area contributed by atoms with Crippen LogP contribution < -0.4 is 15.2 Å². The van der Waals surface area contributed by atoms with Gasteiger partial charge in [-0.15, -0.1) is 0 Å². The first-order chi connectivity index (χ1) is 10.2. The molecule has 0 aliphatic carbocycles. The molecule has 0 radical (unpaired) electrons. The molecule has 21 heavy (non-hydrogen) atoms. The lowest BCUT2D eigenvalue weighted by molar-refractivity contribution is 0.207. The Morgan fingerprint density at radius 3 is 2.62 bits per heavy atom. The second-order valence-electron chi connectivity index (χ2n) is 4.68. The van der Waals surface area contributed by atoms with Crippen LogP contribution in [-0.4, -0.2) is 13.7 Å². The smallest absolute Gasteiger partial charge is 0.139 e. The zero-order valence-electron chi connectivity index (χ0n) is 12.2. The van der Waals surface area contributed by atoms with Crippen molar-refractivity contribution in [3.63, 3.8) is 0 Å². The number of rotatable bonds is 5. The maximum absolute atomic E-state index is 8.99. The van der Waals surface area contributed by atoms with Gasteiger partial charge < -0.3 is 15.2 Å². The minimum Gasteiger partial charge on any atom is -0.496 e. The Balaban J connectivity index is 2.34. The van der Waals surface area contributed by atoms with Crippen molar-refractivity contribution in [2.24, 2.45) is 5.73 Å². The number of nitrogens with zero attached hydrogens (tertiary/aromatic N) is 1. The van der Waals surface area contributed by atoms with E-state index in [1.807, 2.05) is 37.3 Å². The molecule has 0 aliphatic rings. The number of nitrogens with two attached hydrogens (primary N) is 1. The Bertz CT molecular complexity index is 662. The Labute approximate surface area is 124 Å². The molecule has 0 fully saturated rings. The molecule has 4 nitrogen and oxygen atoms in total. The Hall–Kier alpha value is -2.51. The first-order valence-corrected chi connectivity index (χ1v) is 6.70. The van der Waals surface area contributed by atoms with Gasteiger partial charge in [0.2, 0.25) is 0 Å². The minimum atomic E-state index is -0.325. The van der Waals surface area contributed by atoms with Gasteiger partial charge in [-0.3, -0.25) is 0 Å². The highest BCUT2D eigenvalue weighted by atomic mass is 16.5. The lowest BCUT2D eigenvalue weighted by Crippen LogP contribution is -2.19. The van der Waals surface area contributed by atoms with E-state index in [0.29, 0.717) is 17.9 Å². The first kappa shape index (κ1) is 14.9. The van der Waals surface area contributed by atoms with Crippen molar-refractivity contribution in [2.45, 2.75) is 13.0 Å². The summed E-state index contributed by atoms with van der Waals surface area (Å²) in [6.07, 6.45) is -0.325. The van der Waals surface area contributed by atoms with Gasteiger partial charge in [-0.05, 0) is 30.7 Å². The lowest BCUT2D eigenvalue weighted by Gasteiger charge is -2.21. The molecule has 0 aromatic heterocycles. The average Bonchev–Trinajstić information content (AvgIpc) is 2.54. The monoisotopic (exact) mass is 282 g/mol. The summed E-state index contributed by atoms with van der Waals surface area (Å²) in [5.41, 5.74) is 8.27. The number of para-hydroxylation sites is 1. The van der Waals surface area contributed by atoms with E-state index >= 15 is 0 Å². The molecule has 0 aliphatic heterocycles. The zero-order chi connectivity index (χ0) is 15.2. The quantitative estimate of drug-likeness (QED) is 0.915. The molecule has 2 N–H and O–H groups in total. The third kappa shape index (κ3) is 3.33. The molecule has 0 heterocycles. The van der Waals surface area contributed by atoms with Gasteiger partial charge in [0.15, 0.2) is 0 Å². The third-order valence-electron chi connectivity index (χ3n) is 3.29. The minimum absolute atomic E-state index is 0.316. The van der Waals surface area contributed by atoms with Crippen molar-refractivity contribution in [2.75, 3.05) is 13.7 Å². The Morgan fingerprint density at radius 1 is 1.19 bits per heavy atom. The third-order valence-corrected chi connectivity index (χ3v) is 3.29.